The first-order valence-corrected chi connectivity index (χ1v) is 10.2. The van der Waals surface area contributed by atoms with E-state index in [1.807, 2.05) is 0 Å². The lowest BCUT2D eigenvalue weighted by Crippen LogP contribution is -2.30. The van der Waals surface area contributed by atoms with Gasteiger partial charge in [-0.05, 0) is 35.9 Å². The molecule has 0 spiro atoms. The molecular weight excluding hydrogens is 408 g/mol. The molecule has 0 saturated heterocycles. The molecule has 0 aromatic heterocycles. The monoisotopic (exact) mass is 426 g/mol. The molecule has 150 valence electrons. The normalized spacial score (nSPS) is 11.4. The second kappa shape index (κ2) is 9.13. The van der Waals surface area contributed by atoms with E-state index in [1.165, 1.54) is 46.8 Å². The second-order valence-corrected chi connectivity index (χ2v) is 8.08. The molecule has 0 fully saturated rings. The number of hydrogen-bond donors (Lipinski definition) is 0. The molecule has 0 aliphatic heterocycles. The van der Waals surface area contributed by atoms with Gasteiger partial charge in [-0.15, -0.1) is 0 Å². The number of carbonyl (C=O) groups is 1. The van der Waals surface area contributed by atoms with Gasteiger partial charge in [0, 0.05) is 25.2 Å². The maximum Gasteiger partial charge on any atom is 0.340 e. The van der Waals surface area contributed by atoms with Gasteiger partial charge in [-0.2, -0.15) is 4.31 Å². The van der Waals surface area contributed by atoms with E-state index in [0.29, 0.717) is 18.7 Å². The van der Waals surface area contributed by atoms with E-state index in [2.05, 4.69) is 0 Å². The lowest BCUT2D eigenvalue weighted by Gasteiger charge is -2.19. The minimum atomic E-state index is -3.75. The Labute approximate surface area is 167 Å². The molecule has 2 rings (SSSR count). The number of nitrogens with zero attached hydrogens (tertiary/aromatic N) is 2. The van der Waals surface area contributed by atoms with Gasteiger partial charge in [0.15, 0.2) is 0 Å². The number of sulfonamides is 1. The summed E-state index contributed by atoms with van der Waals surface area (Å²) < 4.78 is 31.7. The van der Waals surface area contributed by atoms with Crippen molar-refractivity contribution in [2.75, 3.05) is 13.1 Å². The number of nitro benzene ring substituents is 1. The first-order valence-electron chi connectivity index (χ1n) is 8.40. The second-order valence-electron chi connectivity index (χ2n) is 5.73. The molecule has 0 heterocycles. The number of non-ortho nitro benzene ring substituents is 1. The molecule has 0 N–H and O–H groups in total. The summed E-state index contributed by atoms with van der Waals surface area (Å²) in [5, 5.41) is 10.7. The molecule has 28 heavy (non-hydrogen) atoms. The van der Waals surface area contributed by atoms with E-state index in [-0.39, 0.29) is 27.8 Å². The van der Waals surface area contributed by atoms with Crippen LogP contribution in [0.1, 0.15) is 29.8 Å². The highest BCUT2D eigenvalue weighted by molar-refractivity contribution is 7.89. The summed E-state index contributed by atoms with van der Waals surface area (Å²) >= 11 is 6.04. The summed E-state index contributed by atoms with van der Waals surface area (Å²) in [5.74, 6) is -0.792. The number of halogens is 1. The number of ether oxygens (including phenoxy) is 1. The number of rotatable bonds is 8. The van der Waals surface area contributed by atoms with Crippen LogP contribution in [0.5, 0.6) is 0 Å². The molecule has 0 radical (unpaired) electrons. The van der Waals surface area contributed by atoms with Crippen molar-refractivity contribution in [1.29, 1.82) is 0 Å². The topological polar surface area (TPSA) is 107 Å². The van der Waals surface area contributed by atoms with Crippen LogP contribution in [-0.4, -0.2) is 36.7 Å². The summed E-state index contributed by atoms with van der Waals surface area (Å²) in [5.41, 5.74) is 0.395. The fourth-order valence-electron chi connectivity index (χ4n) is 2.47. The van der Waals surface area contributed by atoms with E-state index < -0.39 is 20.9 Å². The molecule has 0 unspecified atom stereocenters. The van der Waals surface area contributed by atoms with Gasteiger partial charge in [-0.3, -0.25) is 10.1 Å². The Hall–Kier alpha value is -2.49. The number of hydrogen-bond acceptors (Lipinski definition) is 6. The summed E-state index contributed by atoms with van der Waals surface area (Å²) in [6.07, 6.45) is 0. The zero-order valence-corrected chi connectivity index (χ0v) is 16.9. The summed E-state index contributed by atoms with van der Waals surface area (Å²) in [6.45, 7) is 3.88. The molecule has 2 aromatic carbocycles. The SMILES string of the molecule is CCN(CC)S(=O)(=O)c1ccc(Cl)c(C(=O)OCc2ccc([N+](=O)[O-])cc2)c1. The average Bonchev–Trinajstić information content (AvgIpc) is 2.67. The first kappa shape index (κ1) is 21.8. The largest absolute Gasteiger partial charge is 0.457 e. The molecule has 0 aliphatic carbocycles. The van der Waals surface area contributed by atoms with Gasteiger partial charge in [-0.1, -0.05) is 25.4 Å². The summed E-state index contributed by atoms with van der Waals surface area (Å²) in [7, 11) is -3.75. The van der Waals surface area contributed by atoms with Gasteiger partial charge >= 0.3 is 5.97 Å². The third-order valence-electron chi connectivity index (χ3n) is 4.02. The Bertz CT molecular complexity index is 972. The fraction of sp³-hybridized carbons (Fsp3) is 0.278. The lowest BCUT2D eigenvalue weighted by molar-refractivity contribution is -0.384. The minimum absolute atomic E-state index is 0.0529. The molecular formula is C18H19ClN2O6S. The van der Waals surface area contributed by atoms with Crippen LogP contribution in [0.25, 0.3) is 0 Å². The molecule has 0 saturated carbocycles. The van der Waals surface area contributed by atoms with Gasteiger partial charge in [-0.25, -0.2) is 13.2 Å². The number of nitro groups is 1. The van der Waals surface area contributed by atoms with Crippen LogP contribution in [-0.2, 0) is 21.4 Å². The standard InChI is InChI=1S/C18H19ClN2O6S/c1-3-20(4-2)28(25,26)15-9-10-17(19)16(11-15)18(22)27-12-13-5-7-14(8-6-13)21(23)24/h5-11H,3-4,12H2,1-2H3. The van der Waals surface area contributed by atoms with Crippen LogP contribution in [0, 0.1) is 10.1 Å². The van der Waals surface area contributed by atoms with E-state index >= 15 is 0 Å². The predicted molar refractivity (Wildman–Crippen MR) is 104 cm³/mol. The molecule has 2 aromatic rings. The van der Waals surface area contributed by atoms with Crippen LogP contribution < -0.4 is 0 Å². The fourth-order valence-corrected chi connectivity index (χ4v) is 4.15. The Morgan fingerprint density at radius 1 is 1.14 bits per heavy atom. The Balaban J connectivity index is 2.20. The lowest BCUT2D eigenvalue weighted by atomic mass is 10.2. The maximum atomic E-state index is 12.6. The van der Waals surface area contributed by atoms with Crippen LogP contribution >= 0.6 is 11.6 Å². The maximum absolute atomic E-state index is 12.6. The average molecular weight is 427 g/mol. The van der Waals surface area contributed by atoms with Crippen molar-refractivity contribution in [3.63, 3.8) is 0 Å². The first-order chi connectivity index (χ1) is 13.2. The minimum Gasteiger partial charge on any atom is -0.457 e. The van der Waals surface area contributed by atoms with E-state index in [1.54, 1.807) is 13.8 Å². The smallest absolute Gasteiger partial charge is 0.340 e. The molecule has 0 aliphatic rings. The third kappa shape index (κ3) is 4.86. The Kier molecular flexibility index (Phi) is 7.11. The van der Waals surface area contributed by atoms with E-state index in [9.17, 15) is 23.3 Å². The third-order valence-corrected chi connectivity index (χ3v) is 6.39. The van der Waals surface area contributed by atoms with Crippen molar-refractivity contribution in [2.45, 2.75) is 25.3 Å². The van der Waals surface area contributed by atoms with Crippen LogP contribution in [0.15, 0.2) is 47.4 Å². The Morgan fingerprint density at radius 2 is 1.75 bits per heavy atom. The number of benzene rings is 2. The van der Waals surface area contributed by atoms with Crippen LogP contribution in [0.4, 0.5) is 5.69 Å². The highest BCUT2D eigenvalue weighted by atomic mass is 35.5. The van der Waals surface area contributed by atoms with Crippen molar-refractivity contribution >= 4 is 33.3 Å². The number of carbonyl (C=O) groups excluding carboxylic acids is 1. The Morgan fingerprint density at radius 3 is 2.29 bits per heavy atom. The van der Waals surface area contributed by atoms with Crippen molar-refractivity contribution in [3.05, 3.63) is 68.7 Å². The van der Waals surface area contributed by atoms with Crippen molar-refractivity contribution in [2.24, 2.45) is 0 Å². The van der Waals surface area contributed by atoms with E-state index in [0.717, 1.165) is 0 Å². The van der Waals surface area contributed by atoms with Gasteiger partial charge < -0.3 is 4.74 Å². The highest BCUT2D eigenvalue weighted by Crippen LogP contribution is 2.24. The van der Waals surface area contributed by atoms with Gasteiger partial charge in [0.2, 0.25) is 10.0 Å². The van der Waals surface area contributed by atoms with Crippen LogP contribution in [0.3, 0.4) is 0 Å². The molecule has 0 atom stereocenters. The highest BCUT2D eigenvalue weighted by Gasteiger charge is 2.24. The van der Waals surface area contributed by atoms with Crippen molar-refractivity contribution in [1.82, 2.24) is 4.31 Å². The molecule has 10 heteroatoms. The molecule has 0 bridgehead atoms. The summed E-state index contributed by atoms with van der Waals surface area (Å²) in [6, 6.07) is 9.39. The van der Waals surface area contributed by atoms with Crippen LogP contribution in [0.2, 0.25) is 5.02 Å². The quantitative estimate of drug-likeness (QED) is 0.362. The molecule has 0 amide bonds. The van der Waals surface area contributed by atoms with Crippen molar-refractivity contribution < 1.29 is 22.9 Å². The van der Waals surface area contributed by atoms with Gasteiger partial charge in [0.1, 0.15) is 6.61 Å². The molecule has 8 nitrogen and oxygen atoms in total. The summed E-state index contributed by atoms with van der Waals surface area (Å²) in [4.78, 5) is 22.5. The zero-order chi connectivity index (χ0) is 20.9. The predicted octanol–water partition coefficient (Wildman–Crippen LogP) is 3.64. The number of esters is 1. The van der Waals surface area contributed by atoms with Gasteiger partial charge in [0.25, 0.3) is 5.69 Å². The van der Waals surface area contributed by atoms with Gasteiger partial charge in [0.05, 0.1) is 20.4 Å². The zero-order valence-electron chi connectivity index (χ0n) is 15.3. The van der Waals surface area contributed by atoms with E-state index in [4.69, 9.17) is 16.3 Å². The van der Waals surface area contributed by atoms with Crippen molar-refractivity contribution in [3.8, 4) is 0 Å².